The third-order valence-corrected chi connectivity index (χ3v) is 3.07. The Morgan fingerprint density at radius 3 is 2.74 bits per heavy atom. The van der Waals surface area contributed by atoms with E-state index < -0.39 is 0 Å². The third kappa shape index (κ3) is 4.06. The highest BCUT2D eigenvalue weighted by atomic mass is 16.5. The Morgan fingerprint density at radius 2 is 2.16 bits per heavy atom. The van der Waals surface area contributed by atoms with Gasteiger partial charge in [-0.15, -0.1) is 0 Å². The molecule has 2 aromatic heterocycles. The topological polar surface area (TPSA) is 66.0 Å². The molecule has 1 unspecified atom stereocenters. The maximum absolute atomic E-state index is 6.14. The largest absolute Gasteiger partial charge is 0.481 e. The van der Waals surface area contributed by atoms with Crippen LogP contribution in [-0.2, 0) is 19.9 Å². The van der Waals surface area contributed by atoms with E-state index in [1.165, 1.54) is 5.56 Å². The van der Waals surface area contributed by atoms with Gasteiger partial charge in [-0.25, -0.2) is 4.98 Å². The van der Waals surface area contributed by atoms with Crippen molar-refractivity contribution in [2.45, 2.75) is 25.3 Å². The Balaban J connectivity index is 1.81. The normalized spacial score (nSPS) is 12.4. The van der Waals surface area contributed by atoms with Gasteiger partial charge in [0, 0.05) is 31.5 Å². The zero-order valence-corrected chi connectivity index (χ0v) is 11.4. The number of aryl methyl sites for hydroxylation is 2. The number of rotatable bonds is 6. The fourth-order valence-corrected chi connectivity index (χ4v) is 2.01. The van der Waals surface area contributed by atoms with E-state index in [1.807, 2.05) is 42.5 Å². The lowest BCUT2D eigenvalue weighted by atomic mass is 10.0. The molecule has 102 valence electrons. The molecule has 2 heterocycles. The van der Waals surface area contributed by atoms with Gasteiger partial charge in [0.05, 0.1) is 13.3 Å². The SMILES string of the molecule is COc1ccc(CC(N)CCc2cnn(C)c2)cn1. The van der Waals surface area contributed by atoms with Gasteiger partial charge < -0.3 is 10.5 Å². The van der Waals surface area contributed by atoms with Crippen LogP contribution in [0.5, 0.6) is 5.88 Å². The van der Waals surface area contributed by atoms with Crippen LogP contribution in [0.15, 0.2) is 30.7 Å². The van der Waals surface area contributed by atoms with E-state index in [2.05, 4.69) is 10.1 Å². The summed E-state index contributed by atoms with van der Waals surface area (Å²) in [5.74, 6) is 0.632. The van der Waals surface area contributed by atoms with Crippen LogP contribution in [0.25, 0.3) is 0 Å². The zero-order valence-electron chi connectivity index (χ0n) is 11.4. The van der Waals surface area contributed by atoms with E-state index in [-0.39, 0.29) is 6.04 Å². The molecule has 0 spiro atoms. The number of pyridine rings is 1. The van der Waals surface area contributed by atoms with Crippen LogP contribution in [0.1, 0.15) is 17.5 Å². The summed E-state index contributed by atoms with van der Waals surface area (Å²) < 4.78 is 6.84. The molecular weight excluding hydrogens is 240 g/mol. The van der Waals surface area contributed by atoms with Gasteiger partial charge in [-0.3, -0.25) is 4.68 Å². The van der Waals surface area contributed by atoms with E-state index in [9.17, 15) is 0 Å². The summed E-state index contributed by atoms with van der Waals surface area (Å²) in [5, 5.41) is 4.15. The number of methoxy groups -OCH3 is 1. The number of ether oxygens (including phenoxy) is 1. The predicted octanol–water partition coefficient (Wildman–Crippen LogP) is 1.33. The minimum absolute atomic E-state index is 0.135. The van der Waals surface area contributed by atoms with Gasteiger partial charge in [0.2, 0.25) is 5.88 Å². The second-order valence-corrected chi connectivity index (χ2v) is 4.73. The Bertz CT molecular complexity index is 506. The van der Waals surface area contributed by atoms with Gasteiger partial charge in [0.1, 0.15) is 0 Å². The first-order chi connectivity index (χ1) is 9.17. The van der Waals surface area contributed by atoms with Crippen molar-refractivity contribution in [1.29, 1.82) is 0 Å². The van der Waals surface area contributed by atoms with Crippen LogP contribution >= 0.6 is 0 Å². The zero-order chi connectivity index (χ0) is 13.7. The molecule has 0 amide bonds. The summed E-state index contributed by atoms with van der Waals surface area (Å²) in [6.07, 6.45) is 8.47. The first-order valence-electron chi connectivity index (χ1n) is 6.39. The number of aromatic nitrogens is 3. The number of nitrogens with zero attached hydrogens (tertiary/aromatic N) is 3. The average molecular weight is 260 g/mol. The van der Waals surface area contributed by atoms with E-state index in [4.69, 9.17) is 10.5 Å². The fraction of sp³-hybridized carbons (Fsp3) is 0.429. The standard InChI is InChI=1S/C14H20N4O/c1-18-10-12(9-17-18)3-5-13(15)7-11-4-6-14(19-2)16-8-11/h4,6,8-10,13H,3,5,7,15H2,1-2H3. The van der Waals surface area contributed by atoms with Gasteiger partial charge in [-0.05, 0) is 30.4 Å². The molecule has 2 N–H and O–H groups in total. The van der Waals surface area contributed by atoms with Gasteiger partial charge in [-0.1, -0.05) is 6.07 Å². The van der Waals surface area contributed by atoms with Crippen molar-refractivity contribution in [2.24, 2.45) is 12.8 Å². The molecule has 2 aromatic rings. The monoisotopic (exact) mass is 260 g/mol. The highest BCUT2D eigenvalue weighted by molar-refractivity contribution is 5.18. The molecule has 0 aliphatic carbocycles. The summed E-state index contributed by atoms with van der Waals surface area (Å²) in [7, 11) is 3.54. The number of nitrogens with two attached hydrogens (primary N) is 1. The van der Waals surface area contributed by atoms with E-state index >= 15 is 0 Å². The molecule has 0 saturated carbocycles. The van der Waals surface area contributed by atoms with E-state index in [0.717, 1.165) is 24.8 Å². The quantitative estimate of drug-likeness (QED) is 0.851. The molecule has 0 bridgehead atoms. The molecule has 2 rings (SSSR count). The number of hydrogen-bond donors (Lipinski definition) is 1. The molecule has 0 aliphatic heterocycles. The van der Waals surface area contributed by atoms with Crippen molar-refractivity contribution in [3.63, 3.8) is 0 Å². The molecule has 5 heteroatoms. The molecule has 0 aromatic carbocycles. The molecule has 0 fully saturated rings. The molecule has 5 nitrogen and oxygen atoms in total. The Labute approximate surface area is 113 Å². The van der Waals surface area contributed by atoms with E-state index in [0.29, 0.717) is 5.88 Å². The molecule has 0 aliphatic rings. The van der Waals surface area contributed by atoms with Crippen molar-refractivity contribution in [3.05, 3.63) is 41.9 Å². The van der Waals surface area contributed by atoms with Gasteiger partial charge >= 0.3 is 0 Å². The predicted molar refractivity (Wildman–Crippen MR) is 74.0 cm³/mol. The molecule has 19 heavy (non-hydrogen) atoms. The lowest BCUT2D eigenvalue weighted by Crippen LogP contribution is -2.23. The minimum atomic E-state index is 0.135. The molecule has 1 atom stereocenters. The third-order valence-electron chi connectivity index (χ3n) is 3.07. The minimum Gasteiger partial charge on any atom is -0.481 e. The lowest BCUT2D eigenvalue weighted by Gasteiger charge is -2.10. The van der Waals surface area contributed by atoms with Crippen molar-refractivity contribution < 1.29 is 4.74 Å². The van der Waals surface area contributed by atoms with Crippen LogP contribution in [0, 0.1) is 0 Å². The second kappa shape index (κ2) is 6.33. The van der Waals surface area contributed by atoms with Crippen molar-refractivity contribution in [3.8, 4) is 5.88 Å². The Hall–Kier alpha value is -1.88. The van der Waals surface area contributed by atoms with Crippen LogP contribution in [0.4, 0.5) is 0 Å². The Kier molecular flexibility index (Phi) is 4.52. The summed E-state index contributed by atoms with van der Waals surface area (Å²) >= 11 is 0. The molecular formula is C14H20N4O. The molecule has 0 radical (unpaired) electrons. The first kappa shape index (κ1) is 13.5. The van der Waals surface area contributed by atoms with Crippen LogP contribution in [-0.4, -0.2) is 27.9 Å². The summed E-state index contributed by atoms with van der Waals surface area (Å²) in [6, 6.07) is 4.01. The van der Waals surface area contributed by atoms with Gasteiger partial charge in [0.25, 0.3) is 0 Å². The van der Waals surface area contributed by atoms with Crippen LogP contribution in [0.3, 0.4) is 0 Å². The molecule has 0 saturated heterocycles. The van der Waals surface area contributed by atoms with Gasteiger partial charge in [-0.2, -0.15) is 5.10 Å². The maximum atomic E-state index is 6.14. The number of hydrogen-bond acceptors (Lipinski definition) is 4. The highest BCUT2D eigenvalue weighted by Crippen LogP contribution is 2.10. The maximum Gasteiger partial charge on any atom is 0.212 e. The van der Waals surface area contributed by atoms with E-state index in [1.54, 1.807) is 7.11 Å². The van der Waals surface area contributed by atoms with Gasteiger partial charge in [0.15, 0.2) is 0 Å². The Morgan fingerprint density at radius 1 is 1.32 bits per heavy atom. The van der Waals surface area contributed by atoms with Crippen molar-refractivity contribution in [2.75, 3.05) is 7.11 Å². The second-order valence-electron chi connectivity index (χ2n) is 4.73. The fourth-order valence-electron chi connectivity index (χ4n) is 2.01. The van der Waals surface area contributed by atoms with Crippen molar-refractivity contribution in [1.82, 2.24) is 14.8 Å². The average Bonchev–Trinajstić information content (AvgIpc) is 2.83. The highest BCUT2D eigenvalue weighted by Gasteiger charge is 2.06. The van der Waals surface area contributed by atoms with Crippen LogP contribution in [0.2, 0.25) is 0 Å². The summed E-state index contributed by atoms with van der Waals surface area (Å²) in [5.41, 5.74) is 8.51. The van der Waals surface area contributed by atoms with Crippen LogP contribution < -0.4 is 10.5 Å². The smallest absolute Gasteiger partial charge is 0.212 e. The van der Waals surface area contributed by atoms with Crippen molar-refractivity contribution >= 4 is 0 Å². The first-order valence-corrected chi connectivity index (χ1v) is 6.39. The lowest BCUT2D eigenvalue weighted by molar-refractivity contribution is 0.397. The summed E-state index contributed by atoms with van der Waals surface area (Å²) in [4.78, 5) is 4.18. The summed E-state index contributed by atoms with van der Waals surface area (Å²) in [6.45, 7) is 0.